The highest BCUT2D eigenvalue weighted by molar-refractivity contribution is 7.99. The van der Waals surface area contributed by atoms with E-state index in [2.05, 4.69) is 0 Å². The maximum atomic E-state index is 12.5. The van der Waals surface area contributed by atoms with Crippen molar-refractivity contribution in [1.82, 2.24) is 4.31 Å². The normalized spacial score (nSPS) is 20.5. The molecule has 0 radical (unpaired) electrons. The highest BCUT2D eigenvalue weighted by Gasteiger charge is 2.31. The summed E-state index contributed by atoms with van der Waals surface area (Å²) in [4.78, 5) is 0.0866. The van der Waals surface area contributed by atoms with Gasteiger partial charge in [-0.05, 0) is 30.4 Å². The molecule has 100 valence electrons. The molecule has 2 N–H and O–H groups in total. The summed E-state index contributed by atoms with van der Waals surface area (Å²) in [7, 11) is -1.96. The SMILES string of the molecule is CN(C1CCSC1)S(=O)(=O)c1cc(N)ccc1Cl. The molecule has 4 nitrogen and oxygen atoms in total. The quantitative estimate of drug-likeness (QED) is 0.868. The second-order valence-electron chi connectivity index (χ2n) is 4.23. The van der Waals surface area contributed by atoms with Crippen molar-refractivity contribution in [1.29, 1.82) is 0 Å². The smallest absolute Gasteiger partial charge is 0.244 e. The Morgan fingerprint density at radius 1 is 1.50 bits per heavy atom. The molecule has 2 rings (SSSR count). The summed E-state index contributed by atoms with van der Waals surface area (Å²) < 4.78 is 26.3. The van der Waals surface area contributed by atoms with Crippen LogP contribution in [0.15, 0.2) is 23.1 Å². The molecule has 0 spiro atoms. The van der Waals surface area contributed by atoms with Gasteiger partial charge in [0.05, 0.1) is 5.02 Å². The van der Waals surface area contributed by atoms with E-state index in [9.17, 15) is 8.42 Å². The highest BCUT2D eigenvalue weighted by Crippen LogP contribution is 2.30. The molecular weight excluding hydrogens is 292 g/mol. The average Bonchev–Trinajstić information content (AvgIpc) is 2.84. The van der Waals surface area contributed by atoms with Crippen molar-refractivity contribution in [2.75, 3.05) is 24.3 Å². The molecular formula is C11H15ClN2O2S2. The number of rotatable bonds is 3. The maximum absolute atomic E-state index is 12.5. The minimum atomic E-state index is -3.57. The Kier molecular flexibility index (Phi) is 4.11. The molecule has 0 saturated carbocycles. The first-order chi connectivity index (χ1) is 8.43. The molecule has 1 fully saturated rings. The van der Waals surface area contributed by atoms with E-state index < -0.39 is 10.0 Å². The van der Waals surface area contributed by atoms with E-state index in [4.69, 9.17) is 17.3 Å². The van der Waals surface area contributed by atoms with Crippen LogP contribution in [0.25, 0.3) is 0 Å². The second kappa shape index (κ2) is 5.28. The number of hydrogen-bond acceptors (Lipinski definition) is 4. The maximum Gasteiger partial charge on any atom is 0.244 e. The molecule has 1 aliphatic heterocycles. The Bertz CT molecular complexity index is 542. The van der Waals surface area contributed by atoms with Crippen LogP contribution in [-0.2, 0) is 10.0 Å². The summed E-state index contributed by atoms with van der Waals surface area (Å²) >= 11 is 7.73. The van der Waals surface area contributed by atoms with E-state index >= 15 is 0 Å². The zero-order valence-electron chi connectivity index (χ0n) is 9.97. The number of nitrogen functional groups attached to an aromatic ring is 1. The third-order valence-corrected chi connectivity index (χ3v) is 6.57. The standard InChI is InChI=1S/C11H15ClN2O2S2/c1-14(9-4-5-17-7-9)18(15,16)11-6-8(13)2-3-10(11)12/h2-3,6,9H,4-5,7,13H2,1H3. The number of anilines is 1. The molecule has 0 aliphatic carbocycles. The fraction of sp³-hybridized carbons (Fsp3) is 0.455. The predicted octanol–water partition coefficient (Wildman–Crippen LogP) is 2.05. The van der Waals surface area contributed by atoms with Gasteiger partial charge in [-0.1, -0.05) is 11.6 Å². The van der Waals surface area contributed by atoms with Crippen molar-refractivity contribution in [2.24, 2.45) is 0 Å². The number of hydrogen-bond donors (Lipinski definition) is 1. The van der Waals surface area contributed by atoms with E-state index in [-0.39, 0.29) is 16.0 Å². The fourth-order valence-corrected chi connectivity index (χ4v) is 5.13. The van der Waals surface area contributed by atoms with Gasteiger partial charge in [0.1, 0.15) is 4.90 Å². The van der Waals surface area contributed by atoms with Crippen LogP contribution in [0.1, 0.15) is 6.42 Å². The largest absolute Gasteiger partial charge is 0.399 e. The summed E-state index contributed by atoms with van der Waals surface area (Å²) in [5.74, 6) is 1.82. The second-order valence-corrected chi connectivity index (χ2v) is 7.75. The van der Waals surface area contributed by atoms with E-state index in [1.54, 1.807) is 24.9 Å². The van der Waals surface area contributed by atoms with Gasteiger partial charge in [-0.3, -0.25) is 0 Å². The van der Waals surface area contributed by atoms with Gasteiger partial charge in [0, 0.05) is 24.5 Å². The monoisotopic (exact) mass is 306 g/mol. The van der Waals surface area contributed by atoms with Crippen LogP contribution in [-0.4, -0.2) is 37.3 Å². The molecule has 1 aromatic rings. The highest BCUT2D eigenvalue weighted by atomic mass is 35.5. The van der Waals surface area contributed by atoms with Gasteiger partial charge in [-0.15, -0.1) is 0 Å². The topological polar surface area (TPSA) is 63.4 Å². The number of benzene rings is 1. The van der Waals surface area contributed by atoms with Gasteiger partial charge in [-0.25, -0.2) is 8.42 Å². The van der Waals surface area contributed by atoms with Crippen LogP contribution in [0.5, 0.6) is 0 Å². The Hall–Kier alpha value is -0.430. The van der Waals surface area contributed by atoms with Crippen LogP contribution < -0.4 is 5.73 Å². The molecule has 0 bridgehead atoms. The first-order valence-corrected chi connectivity index (χ1v) is 8.51. The van der Waals surface area contributed by atoms with E-state index in [0.717, 1.165) is 17.9 Å². The molecule has 18 heavy (non-hydrogen) atoms. The summed E-state index contributed by atoms with van der Waals surface area (Å²) in [6.45, 7) is 0. The van der Waals surface area contributed by atoms with Gasteiger partial charge in [0.15, 0.2) is 0 Å². The van der Waals surface area contributed by atoms with Gasteiger partial charge in [-0.2, -0.15) is 16.1 Å². The molecule has 1 aromatic carbocycles. The molecule has 1 heterocycles. The van der Waals surface area contributed by atoms with Gasteiger partial charge in [0.25, 0.3) is 0 Å². The van der Waals surface area contributed by atoms with E-state index in [1.165, 1.54) is 16.4 Å². The molecule has 7 heteroatoms. The summed E-state index contributed by atoms with van der Waals surface area (Å²) in [6.07, 6.45) is 0.875. The van der Waals surface area contributed by atoms with Gasteiger partial charge in [0.2, 0.25) is 10.0 Å². The number of nitrogens with zero attached hydrogens (tertiary/aromatic N) is 1. The van der Waals surface area contributed by atoms with Crippen molar-refractivity contribution >= 4 is 39.1 Å². The van der Waals surface area contributed by atoms with Crippen molar-refractivity contribution in [2.45, 2.75) is 17.4 Å². The fourth-order valence-electron chi connectivity index (χ4n) is 1.88. The molecule has 1 atom stereocenters. The third kappa shape index (κ3) is 2.61. The van der Waals surface area contributed by atoms with Crippen molar-refractivity contribution in [3.63, 3.8) is 0 Å². The molecule has 1 aliphatic rings. The number of halogens is 1. The van der Waals surface area contributed by atoms with E-state index in [0.29, 0.717) is 5.69 Å². The lowest BCUT2D eigenvalue weighted by molar-refractivity contribution is 0.394. The minimum Gasteiger partial charge on any atom is -0.399 e. The van der Waals surface area contributed by atoms with Crippen LogP contribution >= 0.6 is 23.4 Å². The van der Waals surface area contributed by atoms with Crippen LogP contribution in [0.4, 0.5) is 5.69 Å². The van der Waals surface area contributed by atoms with Crippen molar-refractivity contribution in [3.05, 3.63) is 23.2 Å². The summed E-state index contributed by atoms with van der Waals surface area (Å²) in [5, 5.41) is 0.210. The van der Waals surface area contributed by atoms with Crippen LogP contribution in [0.3, 0.4) is 0 Å². The molecule has 0 amide bonds. The Balaban J connectivity index is 2.37. The predicted molar refractivity (Wildman–Crippen MR) is 76.5 cm³/mol. The van der Waals surface area contributed by atoms with Crippen molar-refractivity contribution in [3.8, 4) is 0 Å². The Labute approximate surface area is 117 Å². The number of nitrogens with two attached hydrogens (primary N) is 1. The molecule has 1 unspecified atom stereocenters. The van der Waals surface area contributed by atoms with Gasteiger partial charge < -0.3 is 5.73 Å². The third-order valence-electron chi connectivity index (χ3n) is 3.03. The zero-order valence-corrected chi connectivity index (χ0v) is 12.4. The Morgan fingerprint density at radius 2 is 2.22 bits per heavy atom. The first kappa shape index (κ1) is 14.0. The first-order valence-electron chi connectivity index (χ1n) is 5.53. The molecule has 0 aromatic heterocycles. The lowest BCUT2D eigenvalue weighted by atomic mass is 10.3. The number of thioether (sulfide) groups is 1. The lowest BCUT2D eigenvalue weighted by Gasteiger charge is -2.23. The minimum absolute atomic E-state index is 0.0393. The number of sulfonamides is 1. The molecule has 1 saturated heterocycles. The van der Waals surface area contributed by atoms with Crippen LogP contribution in [0, 0.1) is 0 Å². The summed E-state index contributed by atoms with van der Waals surface area (Å²) in [5.41, 5.74) is 6.03. The van der Waals surface area contributed by atoms with Crippen molar-refractivity contribution < 1.29 is 8.42 Å². The lowest BCUT2D eigenvalue weighted by Crippen LogP contribution is -2.37. The van der Waals surface area contributed by atoms with E-state index in [1.807, 2.05) is 0 Å². The Morgan fingerprint density at radius 3 is 2.83 bits per heavy atom. The average molecular weight is 307 g/mol. The van der Waals surface area contributed by atoms with Crippen LogP contribution in [0.2, 0.25) is 5.02 Å². The van der Waals surface area contributed by atoms with Gasteiger partial charge >= 0.3 is 0 Å². The zero-order chi connectivity index (χ0) is 13.3. The summed E-state index contributed by atoms with van der Waals surface area (Å²) in [6, 6.07) is 4.56.